The molecule has 0 saturated carbocycles. The number of carbonyl (C=O) groups is 2. The van der Waals surface area contributed by atoms with Gasteiger partial charge in [0.05, 0.1) is 30.4 Å². The first-order valence-corrected chi connectivity index (χ1v) is 13.3. The lowest BCUT2D eigenvalue weighted by molar-refractivity contribution is -0.137. The van der Waals surface area contributed by atoms with Crippen molar-refractivity contribution in [3.05, 3.63) is 107 Å². The maximum Gasteiger partial charge on any atom is 0.332 e. The molecular weight excluding hydrogens is 514 g/mol. The van der Waals surface area contributed by atoms with Crippen molar-refractivity contribution in [1.29, 1.82) is 0 Å². The van der Waals surface area contributed by atoms with Crippen LogP contribution in [-0.4, -0.2) is 41.5 Å². The number of nitrogens with zero attached hydrogens (tertiary/aromatic N) is 3. The molecule has 0 bridgehead atoms. The van der Waals surface area contributed by atoms with Gasteiger partial charge in [0.15, 0.2) is 16.7 Å². The summed E-state index contributed by atoms with van der Waals surface area (Å²) in [5.74, 6) is 0.150. The SMILES string of the molecule is CCOC(=O)C=C1SC(N2N=C(c3ccccc3)CC2c2ccc(OCc3ccccc3)c(OC)c2)=NC1=O. The Bertz CT molecular complexity index is 1450. The van der Waals surface area contributed by atoms with Crippen LogP contribution in [-0.2, 0) is 20.9 Å². The highest BCUT2D eigenvalue weighted by molar-refractivity contribution is 8.18. The van der Waals surface area contributed by atoms with E-state index in [1.807, 2.05) is 78.9 Å². The predicted molar refractivity (Wildman–Crippen MR) is 151 cm³/mol. The average molecular weight is 542 g/mol. The number of hydrazone groups is 1. The maximum absolute atomic E-state index is 12.6. The summed E-state index contributed by atoms with van der Waals surface area (Å²) in [5, 5.41) is 7.01. The Morgan fingerprint density at radius 3 is 2.51 bits per heavy atom. The highest BCUT2D eigenvalue weighted by Gasteiger charge is 2.37. The summed E-state index contributed by atoms with van der Waals surface area (Å²) in [6, 6.07) is 25.3. The molecule has 0 spiro atoms. The predicted octanol–water partition coefficient (Wildman–Crippen LogP) is 5.50. The molecule has 1 atom stereocenters. The van der Waals surface area contributed by atoms with Gasteiger partial charge in [-0.2, -0.15) is 10.1 Å². The molecular formula is C30H27N3O5S. The zero-order valence-corrected chi connectivity index (χ0v) is 22.4. The molecule has 0 aliphatic carbocycles. The molecule has 39 heavy (non-hydrogen) atoms. The van der Waals surface area contributed by atoms with E-state index in [0.29, 0.717) is 29.7 Å². The molecule has 0 N–H and O–H groups in total. The number of esters is 1. The number of carbonyl (C=O) groups excluding carboxylic acids is 2. The number of amidine groups is 1. The quantitative estimate of drug-likeness (QED) is 0.275. The number of rotatable bonds is 8. The fourth-order valence-electron chi connectivity index (χ4n) is 4.28. The average Bonchev–Trinajstić information content (AvgIpc) is 3.57. The second-order valence-electron chi connectivity index (χ2n) is 8.72. The zero-order chi connectivity index (χ0) is 27.2. The van der Waals surface area contributed by atoms with Crippen molar-refractivity contribution >= 4 is 34.5 Å². The van der Waals surface area contributed by atoms with E-state index >= 15 is 0 Å². The smallest absolute Gasteiger partial charge is 0.332 e. The number of thioether (sulfide) groups is 1. The molecule has 2 heterocycles. The summed E-state index contributed by atoms with van der Waals surface area (Å²) in [4.78, 5) is 29.0. The molecule has 0 saturated heterocycles. The Hall–Kier alpha value is -4.37. The lowest BCUT2D eigenvalue weighted by atomic mass is 9.98. The van der Waals surface area contributed by atoms with E-state index < -0.39 is 11.9 Å². The summed E-state index contributed by atoms with van der Waals surface area (Å²) >= 11 is 1.11. The van der Waals surface area contributed by atoms with E-state index in [2.05, 4.69) is 4.99 Å². The van der Waals surface area contributed by atoms with Crippen molar-refractivity contribution in [2.75, 3.05) is 13.7 Å². The van der Waals surface area contributed by atoms with E-state index in [4.69, 9.17) is 19.3 Å². The first-order valence-electron chi connectivity index (χ1n) is 12.5. The summed E-state index contributed by atoms with van der Waals surface area (Å²) in [5.41, 5.74) is 3.82. The van der Waals surface area contributed by atoms with Crippen LogP contribution in [0.2, 0.25) is 0 Å². The highest BCUT2D eigenvalue weighted by Crippen LogP contribution is 2.41. The summed E-state index contributed by atoms with van der Waals surface area (Å²) < 4.78 is 16.7. The van der Waals surface area contributed by atoms with Crippen molar-refractivity contribution in [2.24, 2.45) is 10.1 Å². The van der Waals surface area contributed by atoms with Gasteiger partial charge >= 0.3 is 5.97 Å². The Balaban J connectivity index is 1.43. The molecule has 2 aliphatic rings. The normalized spacial score (nSPS) is 17.7. The lowest BCUT2D eigenvalue weighted by Crippen LogP contribution is -2.23. The molecule has 0 radical (unpaired) electrons. The Morgan fingerprint density at radius 2 is 1.79 bits per heavy atom. The van der Waals surface area contributed by atoms with E-state index in [1.54, 1.807) is 19.0 Å². The molecule has 3 aromatic rings. The van der Waals surface area contributed by atoms with Crippen LogP contribution in [0.1, 0.15) is 36.1 Å². The van der Waals surface area contributed by atoms with Gasteiger partial charge in [0.1, 0.15) is 6.61 Å². The number of benzene rings is 3. The second-order valence-corrected chi connectivity index (χ2v) is 9.73. The Morgan fingerprint density at radius 1 is 1.05 bits per heavy atom. The van der Waals surface area contributed by atoms with Crippen LogP contribution in [0, 0.1) is 0 Å². The fraction of sp³-hybridized carbons (Fsp3) is 0.200. The van der Waals surface area contributed by atoms with Crippen LogP contribution < -0.4 is 9.47 Å². The van der Waals surface area contributed by atoms with Gasteiger partial charge < -0.3 is 14.2 Å². The third kappa shape index (κ3) is 6.04. The van der Waals surface area contributed by atoms with Crippen molar-refractivity contribution in [1.82, 2.24) is 5.01 Å². The summed E-state index contributed by atoms with van der Waals surface area (Å²) in [6.07, 6.45) is 1.77. The minimum Gasteiger partial charge on any atom is -0.493 e. The Labute approximate surface area is 231 Å². The number of hydrogen-bond acceptors (Lipinski definition) is 8. The minimum atomic E-state index is -0.577. The number of ether oxygens (including phenoxy) is 3. The van der Waals surface area contributed by atoms with Crippen molar-refractivity contribution < 1.29 is 23.8 Å². The molecule has 1 amide bonds. The van der Waals surface area contributed by atoms with Gasteiger partial charge in [-0.3, -0.25) is 4.79 Å². The van der Waals surface area contributed by atoms with E-state index in [9.17, 15) is 9.59 Å². The highest BCUT2D eigenvalue weighted by atomic mass is 32.2. The molecule has 8 nitrogen and oxygen atoms in total. The lowest BCUT2D eigenvalue weighted by Gasteiger charge is -2.23. The van der Waals surface area contributed by atoms with Gasteiger partial charge in [-0.25, -0.2) is 9.80 Å². The number of methoxy groups -OCH3 is 1. The number of amides is 1. The van der Waals surface area contributed by atoms with Crippen LogP contribution in [0.5, 0.6) is 11.5 Å². The minimum absolute atomic E-state index is 0.202. The molecule has 1 unspecified atom stereocenters. The summed E-state index contributed by atoms with van der Waals surface area (Å²) in [6.45, 7) is 2.35. The third-order valence-electron chi connectivity index (χ3n) is 6.17. The van der Waals surface area contributed by atoms with Crippen LogP contribution in [0.25, 0.3) is 0 Å². The first-order chi connectivity index (χ1) is 19.1. The van der Waals surface area contributed by atoms with E-state index in [-0.39, 0.29) is 17.6 Å². The van der Waals surface area contributed by atoms with Crippen LogP contribution in [0.3, 0.4) is 0 Å². The van der Waals surface area contributed by atoms with Gasteiger partial charge in [-0.05, 0) is 47.5 Å². The Kier molecular flexibility index (Phi) is 8.07. The molecule has 0 aromatic heterocycles. The van der Waals surface area contributed by atoms with Crippen LogP contribution in [0.4, 0.5) is 0 Å². The van der Waals surface area contributed by atoms with Gasteiger partial charge in [0.25, 0.3) is 5.91 Å². The first kappa shape index (κ1) is 26.2. The van der Waals surface area contributed by atoms with Crippen molar-refractivity contribution in [2.45, 2.75) is 26.0 Å². The zero-order valence-electron chi connectivity index (χ0n) is 21.6. The molecule has 2 aliphatic heterocycles. The van der Waals surface area contributed by atoms with Gasteiger partial charge in [-0.15, -0.1) is 0 Å². The largest absolute Gasteiger partial charge is 0.493 e. The van der Waals surface area contributed by atoms with Crippen LogP contribution in [0.15, 0.2) is 99.9 Å². The molecule has 9 heteroatoms. The van der Waals surface area contributed by atoms with Gasteiger partial charge in [0, 0.05) is 12.5 Å². The third-order valence-corrected chi connectivity index (χ3v) is 7.14. The van der Waals surface area contributed by atoms with Gasteiger partial charge in [0.2, 0.25) is 0 Å². The monoisotopic (exact) mass is 541 g/mol. The van der Waals surface area contributed by atoms with Crippen molar-refractivity contribution in [3.63, 3.8) is 0 Å². The van der Waals surface area contributed by atoms with Crippen LogP contribution >= 0.6 is 11.8 Å². The van der Waals surface area contributed by atoms with E-state index in [0.717, 1.165) is 34.2 Å². The maximum atomic E-state index is 12.6. The second kappa shape index (κ2) is 12.0. The molecule has 0 fully saturated rings. The molecule has 3 aromatic carbocycles. The molecule has 5 rings (SSSR count). The topological polar surface area (TPSA) is 89.8 Å². The van der Waals surface area contributed by atoms with Gasteiger partial charge in [-0.1, -0.05) is 66.7 Å². The number of aliphatic imine (C=N–C) groups is 1. The summed E-state index contributed by atoms with van der Waals surface area (Å²) in [7, 11) is 1.61. The number of hydrogen-bond donors (Lipinski definition) is 0. The van der Waals surface area contributed by atoms with E-state index in [1.165, 1.54) is 6.08 Å². The fourth-order valence-corrected chi connectivity index (χ4v) is 5.16. The van der Waals surface area contributed by atoms with Crippen molar-refractivity contribution in [3.8, 4) is 11.5 Å². The standard InChI is InChI=1S/C30H27N3O5S/c1-3-37-28(34)18-27-29(35)31-30(39-27)33-24(17-23(32-33)21-12-8-5-9-13-21)22-14-15-25(26(16-22)36-2)38-19-20-10-6-4-7-11-20/h4-16,18,24H,3,17,19H2,1-2H3. The molecule has 198 valence electrons.